The van der Waals surface area contributed by atoms with E-state index in [1.165, 1.54) is 0 Å². The van der Waals surface area contributed by atoms with Crippen molar-refractivity contribution in [2.24, 2.45) is 0 Å². The van der Waals surface area contributed by atoms with Crippen LogP contribution in [0.25, 0.3) is 21.7 Å². The predicted octanol–water partition coefficient (Wildman–Crippen LogP) is 5.26. The Bertz CT molecular complexity index is 2240. The van der Waals surface area contributed by atoms with Crippen molar-refractivity contribution in [1.29, 1.82) is 0 Å². The molecule has 1 aromatic heterocycles. The summed E-state index contributed by atoms with van der Waals surface area (Å²) in [6, 6.07) is 16.0. The Morgan fingerprint density at radius 3 is 2.14 bits per heavy atom. The average Bonchev–Trinajstić information content (AvgIpc) is 3.73. The largest absolute Gasteiger partial charge is 0.467 e. The van der Waals surface area contributed by atoms with Crippen LogP contribution in [0.3, 0.4) is 0 Å². The molecule has 1 N–H and O–H groups in total. The van der Waals surface area contributed by atoms with Crippen molar-refractivity contribution in [2.45, 2.75) is 90.2 Å². The summed E-state index contributed by atoms with van der Waals surface area (Å²) in [6.07, 6.45) is -7.95. The van der Waals surface area contributed by atoms with E-state index in [4.69, 9.17) is 44.8 Å². The van der Waals surface area contributed by atoms with Crippen LogP contribution in [0.1, 0.15) is 69.1 Å². The summed E-state index contributed by atoms with van der Waals surface area (Å²) in [5.74, 6) is -4.16. The van der Waals surface area contributed by atoms with Crippen LogP contribution in [-0.2, 0) is 58.8 Å². The van der Waals surface area contributed by atoms with E-state index in [0.29, 0.717) is 22.0 Å². The summed E-state index contributed by atoms with van der Waals surface area (Å²) in [6.45, 7) is 8.92. The number of aromatic nitrogens is 1. The third-order valence-corrected chi connectivity index (χ3v) is 9.69. The van der Waals surface area contributed by atoms with Crippen LogP contribution in [-0.4, -0.2) is 96.6 Å². The van der Waals surface area contributed by atoms with E-state index in [1.54, 1.807) is 62.1 Å². The minimum Gasteiger partial charge on any atom is -0.467 e. The average molecular weight is 807 g/mol. The molecule has 1 amide bonds. The molecule has 1 fully saturated rings. The van der Waals surface area contributed by atoms with Crippen molar-refractivity contribution < 1.29 is 61.9 Å². The number of amides is 1. The second-order valence-corrected chi connectivity index (χ2v) is 15.1. The van der Waals surface area contributed by atoms with E-state index in [1.807, 2.05) is 18.2 Å². The molecular formula is C41H43ClN2O13. The van der Waals surface area contributed by atoms with E-state index in [-0.39, 0.29) is 48.1 Å². The molecule has 0 aliphatic carbocycles. The monoisotopic (exact) mass is 806 g/mol. The van der Waals surface area contributed by atoms with Crippen LogP contribution in [0.2, 0.25) is 0 Å². The van der Waals surface area contributed by atoms with Gasteiger partial charge in [-0.15, -0.1) is 11.6 Å². The lowest BCUT2D eigenvalue weighted by atomic mass is 9.95. The fourth-order valence-corrected chi connectivity index (χ4v) is 7.48. The molecule has 15 nitrogen and oxygen atoms in total. The van der Waals surface area contributed by atoms with Crippen molar-refractivity contribution in [3.8, 4) is 5.75 Å². The van der Waals surface area contributed by atoms with E-state index in [2.05, 4.69) is 4.98 Å². The third kappa shape index (κ3) is 8.84. The van der Waals surface area contributed by atoms with Crippen LogP contribution >= 0.6 is 11.6 Å². The Labute approximate surface area is 332 Å². The van der Waals surface area contributed by atoms with E-state index < -0.39 is 60.2 Å². The maximum atomic E-state index is 14.4. The summed E-state index contributed by atoms with van der Waals surface area (Å²) in [5.41, 5.74) is 2.32. The topological polar surface area (TPSA) is 186 Å². The quantitative estimate of drug-likeness (QED) is 0.124. The molecule has 3 heterocycles. The highest BCUT2D eigenvalue weighted by Crippen LogP contribution is 2.47. The zero-order valence-corrected chi connectivity index (χ0v) is 33.2. The van der Waals surface area contributed by atoms with E-state index in [0.717, 1.165) is 44.4 Å². The number of benzene rings is 3. The number of hydrogen-bond donors (Lipinski definition) is 1. The van der Waals surface area contributed by atoms with Crippen molar-refractivity contribution in [1.82, 2.24) is 4.98 Å². The number of anilines is 1. The summed E-state index contributed by atoms with van der Waals surface area (Å²) in [7, 11) is 1.09. The van der Waals surface area contributed by atoms with Gasteiger partial charge in [-0.3, -0.25) is 24.0 Å². The smallest absolute Gasteiger partial charge is 0.339 e. The first-order valence-corrected chi connectivity index (χ1v) is 18.7. The minimum atomic E-state index is -1.67. The van der Waals surface area contributed by atoms with Gasteiger partial charge in [-0.2, -0.15) is 0 Å². The van der Waals surface area contributed by atoms with Gasteiger partial charge in [0.2, 0.25) is 12.4 Å². The maximum Gasteiger partial charge on any atom is 0.339 e. The number of hydrogen-bond acceptors (Lipinski definition) is 13. The van der Waals surface area contributed by atoms with Crippen molar-refractivity contribution in [2.75, 3.05) is 24.4 Å². The molecule has 2 aliphatic rings. The Balaban J connectivity index is 1.40. The summed E-state index contributed by atoms with van der Waals surface area (Å²) in [5, 5.41) is 1.98. The molecule has 302 valence electrons. The third-order valence-electron chi connectivity index (χ3n) is 9.32. The summed E-state index contributed by atoms with van der Waals surface area (Å²) < 4.78 is 39.4. The van der Waals surface area contributed by atoms with Crippen LogP contribution < -0.4 is 9.64 Å². The molecule has 6 atom stereocenters. The van der Waals surface area contributed by atoms with Gasteiger partial charge in [0, 0.05) is 61.5 Å². The summed E-state index contributed by atoms with van der Waals surface area (Å²) >= 11 is 6.54. The van der Waals surface area contributed by atoms with Gasteiger partial charge >= 0.3 is 29.8 Å². The van der Waals surface area contributed by atoms with Crippen molar-refractivity contribution in [3.63, 3.8) is 0 Å². The van der Waals surface area contributed by atoms with Crippen LogP contribution in [0.15, 0.2) is 54.6 Å². The molecule has 1 saturated heterocycles. The molecule has 0 radical (unpaired) electrons. The molecule has 16 heteroatoms. The minimum absolute atomic E-state index is 0.0594. The number of methoxy groups -OCH3 is 1. The highest BCUT2D eigenvalue weighted by Gasteiger charge is 2.56. The number of esters is 5. The molecule has 2 aliphatic heterocycles. The Morgan fingerprint density at radius 2 is 1.51 bits per heavy atom. The first-order valence-electron chi connectivity index (χ1n) is 18.2. The second-order valence-electron chi connectivity index (χ2n) is 14.8. The zero-order valence-electron chi connectivity index (χ0n) is 32.4. The molecule has 4 aromatic rings. The molecule has 3 aromatic carbocycles. The molecule has 0 spiro atoms. The second kappa shape index (κ2) is 16.4. The van der Waals surface area contributed by atoms with Crippen LogP contribution in [0, 0.1) is 0 Å². The Hall–Kier alpha value is -5.67. The Kier molecular flexibility index (Phi) is 11.8. The number of aromatic amines is 1. The number of carbonyl (C=O) groups is 6. The normalized spacial score (nSPS) is 21.7. The first kappa shape index (κ1) is 41.0. The van der Waals surface area contributed by atoms with Gasteiger partial charge in [0.1, 0.15) is 17.0 Å². The SMILES string of the molecule is COC(=O)[C@H]1OC(Oc2cc3c(c4ccccc24)[C@H](CCl)CN3C(=O)c2cc3cc(CC(=O)OC(C)(C)C)ccc3[nH]2)[C@H](OC(C)=O)[C@@H](OC(C)=O)[C@@H]1OC(C)=O. The highest BCUT2D eigenvalue weighted by atomic mass is 35.5. The van der Waals surface area contributed by atoms with Crippen molar-refractivity contribution in [3.05, 3.63) is 71.4 Å². The number of carbonyl (C=O) groups excluding carboxylic acids is 6. The van der Waals surface area contributed by atoms with Gasteiger partial charge in [-0.05, 0) is 55.5 Å². The van der Waals surface area contributed by atoms with E-state index >= 15 is 0 Å². The summed E-state index contributed by atoms with van der Waals surface area (Å²) in [4.78, 5) is 81.7. The predicted molar refractivity (Wildman–Crippen MR) is 205 cm³/mol. The Morgan fingerprint density at radius 1 is 0.860 bits per heavy atom. The first-order chi connectivity index (χ1) is 27.0. The number of nitrogens with one attached hydrogen (secondary N) is 1. The lowest BCUT2D eigenvalue weighted by Crippen LogP contribution is -2.64. The van der Waals surface area contributed by atoms with Gasteiger partial charge in [0.15, 0.2) is 18.3 Å². The zero-order chi connectivity index (χ0) is 41.3. The number of ether oxygens (including phenoxy) is 7. The number of H-pyrrole nitrogens is 1. The van der Waals surface area contributed by atoms with Crippen LogP contribution in [0.4, 0.5) is 5.69 Å². The number of halogens is 1. The van der Waals surface area contributed by atoms with Crippen molar-refractivity contribution >= 4 is 74.7 Å². The molecule has 6 rings (SSSR count). The lowest BCUT2D eigenvalue weighted by molar-refractivity contribution is -0.282. The maximum absolute atomic E-state index is 14.4. The van der Waals surface area contributed by atoms with Gasteiger partial charge < -0.3 is 43.0 Å². The molecule has 1 unspecified atom stereocenters. The highest BCUT2D eigenvalue weighted by molar-refractivity contribution is 6.19. The van der Waals surface area contributed by atoms with E-state index in [9.17, 15) is 28.8 Å². The fraction of sp³-hybridized carbons (Fsp3) is 0.415. The standard InChI is InChI=1S/C41H43ClN2O13/c1-20(45)52-34-35(53-21(2)46)37(54-22(3)47)40(56-36(34)39(50)51-7)55-31-17-30-33(27-11-9-8-10-26(27)31)25(18-42)19-44(30)38(49)29-16-24-14-23(12-13-28(24)43-29)15-32(48)57-41(4,5)6/h8-14,16-17,25,34-37,40,43H,15,18-19H2,1-7H3/t25-,34+,35+,36+,37-,40?/m1/s1. The lowest BCUT2D eigenvalue weighted by Gasteiger charge is -2.43. The molecule has 0 saturated carbocycles. The number of alkyl halides is 1. The molecular weight excluding hydrogens is 764 g/mol. The van der Waals surface area contributed by atoms with Crippen LogP contribution in [0.5, 0.6) is 5.75 Å². The van der Waals surface area contributed by atoms with Gasteiger partial charge in [0.25, 0.3) is 5.91 Å². The van der Waals surface area contributed by atoms with Gasteiger partial charge in [0.05, 0.1) is 19.2 Å². The number of fused-ring (bicyclic) bond motifs is 4. The van der Waals surface area contributed by atoms with Gasteiger partial charge in [-0.1, -0.05) is 30.3 Å². The fourth-order valence-electron chi connectivity index (χ4n) is 7.23. The molecule has 57 heavy (non-hydrogen) atoms. The number of rotatable bonds is 10. The molecule has 0 bridgehead atoms. The van der Waals surface area contributed by atoms with Gasteiger partial charge in [-0.25, -0.2) is 4.79 Å². The number of nitrogens with zero attached hydrogens (tertiary/aromatic N) is 1.